The smallest absolute Gasteiger partial charge is 0.0724 e. The number of hydrogen-bond donors (Lipinski definition) is 0. The molecular weight excluding hydrogens is 258 g/mol. The fourth-order valence-electron chi connectivity index (χ4n) is 2.38. The monoisotopic (exact) mass is 281 g/mol. The van der Waals surface area contributed by atoms with E-state index in [1.165, 1.54) is 10.5 Å². The summed E-state index contributed by atoms with van der Waals surface area (Å²) in [4.78, 5) is 3.81. The molecule has 0 aliphatic carbocycles. The summed E-state index contributed by atoms with van der Waals surface area (Å²) in [5.74, 6) is 0. The Kier molecular flexibility index (Phi) is 6.17. The Morgan fingerprint density at radius 2 is 2.37 bits per heavy atom. The maximum atomic E-state index is 5.77. The average Bonchev–Trinajstić information content (AvgIpc) is 2.46. The Morgan fingerprint density at radius 1 is 1.47 bits per heavy atom. The van der Waals surface area contributed by atoms with Gasteiger partial charge in [0.15, 0.2) is 0 Å². The van der Waals surface area contributed by atoms with Crippen LogP contribution in [0, 0.1) is 0 Å². The molecule has 1 aliphatic heterocycles. The predicted molar refractivity (Wildman–Crippen MR) is 79.7 cm³/mol. The fraction of sp³-hybridized carbons (Fsp3) is 0.600. The van der Waals surface area contributed by atoms with Gasteiger partial charge in [0.05, 0.1) is 12.7 Å². The Bertz CT molecular complexity index is 386. The van der Waals surface area contributed by atoms with Crippen LogP contribution in [0.25, 0.3) is 0 Å². The van der Waals surface area contributed by atoms with E-state index in [0.29, 0.717) is 6.10 Å². The normalized spacial score (nSPS) is 20.6. The molecule has 0 radical (unpaired) electrons. The van der Waals surface area contributed by atoms with Crippen molar-refractivity contribution in [3.63, 3.8) is 0 Å². The Labute approximate surface area is 120 Å². The average molecular weight is 281 g/mol. The first-order chi connectivity index (χ1) is 9.31. The summed E-state index contributed by atoms with van der Waals surface area (Å²) in [5.41, 5.74) is 1.39. The van der Waals surface area contributed by atoms with Crippen molar-refractivity contribution in [1.29, 1.82) is 0 Å². The molecule has 0 bridgehead atoms. The van der Waals surface area contributed by atoms with Gasteiger partial charge in [-0.25, -0.2) is 0 Å². The van der Waals surface area contributed by atoms with Crippen LogP contribution in [0.15, 0.2) is 29.2 Å². The van der Waals surface area contributed by atoms with Gasteiger partial charge in [-0.05, 0) is 30.4 Å². The molecule has 0 amide bonds. The first-order valence-corrected chi connectivity index (χ1v) is 8.00. The van der Waals surface area contributed by atoms with Crippen molar-refractivity contribution in [3.05, 3.63) is 29.8 Å². The lowest BCUT2D eigenvalue weighted by atomic mass is 10.1. The summed E-state index contributed by atoms with van der Waals surface area (Å²) in [5, 5.41) is 0. The van der Waals surface area contributed by atoms with Crippen molar-refractivity contribution in [2.75, 3.05) is 39.7 Å². The van der Waals surface area contributed by atoms with Crippen molar-refractivity contribution >= 4 is 11.8 Å². The molecule has 1 atom stereocenters. The quantitative estimate of drug-likeness (QED) is 0.747. The standard InChI is InChI=1S/C15H23NO2S/c1-17-8-6-14-12-16(7-9-18-14)11-13-4-3-5-15(10-13)19-2/h3-5,10,14H,6-9,11-12H2,1-2H3. The van der Waals surface area contributed by atoms with Crippen LogP contribution in [0.4, 0.5) is 0 Å². The molecule has 1 aromatic carbocycles. The van der Waals surface area contributed by atoms with Crippen LogP contribution in [-0.4, -0.2) is 50.7 Å². The van der Waals surface area contributed by atoms with Gasteiger partial charge in [0, 0.05) is 38.2 Å². The minimum absolute atomic E-state index is 0.317. The highest BCUT2D eigenvalue weighted by Gasteiger charge is 2.20. The lowest BCUT2D eigenvalue weighted by Gasteiger charge is -2.33. The third-order valence-corrected chi connectivity index (χ3v) is 4.13. The molecule has 1 aliphatic rings. The van der Waals surface area contributed by atoms with Crippen LogP contribution in [0.1, 0.15) is 12.0 Å². The summed E-state index contributed by atoms with van der Waals surface area (Å²) >= 11 is 1.80. The Balaban J connectivity index is 1.87. The van der Waals surface area contributed by atoms with E-state index in [2.05, 4.69) is 35.4 Å². The molecule has 0 N–H and O–H groups in total. The first-order valence-electron chi connectivity index (χ1n) is 6.77. The lowest BCUT2D eigenvalue weighted by molar-refractivity contribution is -0.0432. The van der Waals surface area contributed by atoms with E-state index >= 15 is 0 Å². The van der Waals surface area contributed by atoms with Gasteiger partial charge >= 0.3 is 0 Å². The van der Waals surface area contributed by atoms with E-state index in [0.717, 1.165) is 39.3 Å². The number of hydrogen-bond acceptors (Lipinski definition) is 4. The summed E-state index contributed by atoms with van der Waals surface area (Å²) < 4.78 is 10.9. The second-order valence-electron chi connectivity index (χ2n) is 4.86. The number of benzene rings is 1. The van der Waals surface area contributed by atoms with Crippen LogP contribution >= 0.6 is 11.8 Å². The SMILES string of the molecule is COCCC1CN(Cc2cccc(SC)c2)CCO1. The molecule has 4 heteroatoms. The third kappa shape index (κ3) is 4.80. The molecular formula is C15H23NO2S. The Hall–Kier alpha value is -0.550. The van der Waals surface area contributed by atoms with Gasteiger partial charge in [0.1, 0.15) is 0 Å². The fourth-order valence-corrected chi connectivity index (χ4v) is 2.86. The van der Waals surface area contributed by atoms with Gasteiger partial charge in [-0.15, -0.1) is 11.8 Å². The molecule has 1 saturated heterocycles. The molecule has 1 fully saturated rings. The maximum Gasteiger partial charge on any atom is 0.0724 e. The summed E-state index contributed by atoms with van der Waals surface area (Å²) in [6, 6.07) is 8.79. The van der Waals surface area contributed by atoms with E-state index < -0.39 is 0 Å². The summed E-state index contributed by atoms with van der Waals surface area (Å²) in [6.07, 6.45) is 3.42. The van der Waals surface area contributed by atoms with Crippen LogP contribution in [-0.2, 0) is 16.0 Å². The zero-order chi connectivity index (χ0) is 13.5. The van der Waals surface area contributed by atoms with Crippen molar-refractivity contribution in [1.82, 2.24) is 4.90 Å². The zero-order valence-corrected chi connectivity index (χ0v) is 12.6. The third-order valence-electron chi connectivity index (χ3n) is 3.41. The van der Waals surface area contributed by atoms with Gasteiger partial charge in [-0.2, -0.15) is 0 Å². The van der Waals surface area contributed by atoms with Gasteiger partial charge in [-0.3, -0.25) is 4.90 Å². The Morgan fingerprint density at radius 3 is 3.16 bits per heavy atom. The molecule has 3 nitrogen and oxygen atoms in total. The molecule has 1 heterocycles. The molecule has 2 rings (SSSR count). The molecule has 0 aromatic heterocycles. The molecule has 0 saturated carbocycles. The first kappa shape index (κ1) is 14.9. The summed E-state index contributed by atoms with van der Waals surface area (Å²) in [6.45, 7) is 4.65. The second-order valence-corrected chi connectivity index (χ2v) is 5.74. The van der Waals surface area contributed by atoms with Crippen LogP contribution in [0.2, 0.25) is 0 Å². The molecule has 106 valence electrons. The number of nitrogens with zero attached hydrogens (tertiary/aromatic N) is 1. The van der Waals surface area contributed by atoms with Crippen LogP contribution < -0.4 is 0 Å². The highest BCUT2D eigenvalue weighted by molar-refractivity contribution is 7.98. The van der Waals surface area contributed by atoms with Crippen molar-refractivity contribution in [2.24, 2.45) is 0 Å². The number of morpholine rings is 1. The van der Waals surface area contributed by atoms with Gasteiger partial charge in [0.2, 0.25) is 0 Å². The van der Waals surface area contributed by atoms with Gasteiger partial charge in [-0.1, -0.05) is 12.1 Å². The highest BCUT2D eigenvalue weighted by Crippen LogP contribution is 2.18. The van der Waals surface area contributed by atoms with E-state index in [1.54, 1.807) is 18.9 Å². The second kappa shape index (κ2) is 7.90. The highest BCUT2D eigenvalue weighted by atomic mass is 32.2. The molecule has 19 heavy (non-hydrogen) atoms. The van der Waals surface area contributed by atoms with Gasteiger partial charge in [0.25, 0.3) is 0 Å². The zero-order valence-electron chi connectivity index (χ0n) is 11.8. The minimum Gasteiger partial charge on any atom is -0.385 e. The number of rotatable bonds is 6. The van der Waals surface area contributed by atoms with E-state index in [1.807, 2.05) is 0 Å². The lowest BCUT2D eigenvalue weighted by Crippen LogP contribution is -2.42. The number of ether oxygens (including phenoxy) is 2. The maximum absolute atomic E-state index is 5.77. The van der Waals surface area contributed by atoms with E-state index in [-0.39, 0.29) is 0 Å². The van der Waals surface area contributed by atoms with E-state index in [9.17, 15) is 0 Å². The van der Waals surface area contributed by atoms with Crippen LogP contribution in [0.5, 0.6) is 0 Å². The molecule has 0 spiro atoms. The number of thioether (sulfide) groups is 1. The minimum atomic E-state index is 0.317. The largest absolute Gasteiger partial charge is 0.385 e. The topological polar surface area (TPSA) is 21.7 Å². The summed E-state index contributed by atoms with van der Waals surface area (Å²) in [7, 11) is 1.74. The molecule has 1 aromatic rings. The van der Waals surface area contributed by atoms with Crippen molar-refractivity contribution < 1.29 is 9.47 Å². The van der Waals surface area contributed by atoms with Gasteiger partial charge < -0.3 is 9.47 Å². The van der Waals surface area contributed by atoms with Crippen molar-refractivity contribution in [2.45, 2.75) is 24.0 Å². The number of methoxy groups -OCH3 is 1. The van der Waals surface area contributed by atoms with Crippen molar-refractivity contribution in [3.8, 4) is 0 Å². The predicted octanol–water partition coefficient (Wildman–Crippen LogP) is 2.65. The van der Waals surface area contributed by atoms with Crippen LogP contribution in [0.3, 0.4) is 0 Å². The molecule has 1 unspecified atom stereocenters. The van der Waals surface area contributed by atoms with E-state index in [4.69, 9.17) is 9.47 Å².